The molecule has 1 aromatic carbocycles. The van der Waals surface area contributed by atoms with Gasteiger partial charge in [0.1, 0.15) is 5.75 Å². The van der Waals surface area contributed by atoms with Crippen LogP contribution >= 0.6 is 0 Å². The van der Waals surface area contributed by atoms with E-state index in [1.54, 1.807) is 0 Å². The van der Waals surface area contributed by atoms with Gasteiger partial charge in [0.05, 0.1) is 6.61 Å². The molecule has 0 saturated heterocycles. The third-order valence-electron chi connectivity index (χ3n) is 4.62. The number of hydrogen-bond acceptors (Lipinski definition) is 2. The lowest BCUT2D eigenvalue weighted by Gasteiger charge is -2.32. The Hall–Kier alpha value is -1.02. The number of fused-ring (bicyclic) bond motifs is 1. The van der Waals surface area contributed by atoms with Crippen LogP contribution in [-0.4, -0.2) is 19.2 Å². The molecule has 2 nitrogen and oxygen atoms in total. The van der Waals surface area contributed by atoms with Gasteiger partial charge in [-0.2, -0.15) is 0 Å². The average molecular weight is 289 g/mol. The summed E-state index contributed by atoms with van der Waals surface area (Å²) in [6, 6.07) is 9.17. The van der Waals surface area contributed by atoms with Crippen LogP contribution in [0.25, 0.3) is 0 Å². The Bertz CT molecular complexity index is 435. The van der Waals surface area contributed by atoms with Crippen molar-refractivity contribution in [1.82, 2.24) is 5.32 Å². The van der Waals surface area contributed by atoms with Crippen LogP contribution in [0.1, 0.15) is 64.9 Å². The van der Waals surface area contributed by atoms with Crippen molar-refractivity contribution >= 4 is 0 Å². The molecule has 21 heavy (non-hydrogen) atoms. The second-order valence-electron chi connectivity index (χ2n) is 7.28. The summed E-state index contributed by atoms with van der Waals surface area (Å²) in [6.07, 6.45) is 4.99. The van der Waals surface area contributed by atoms with Gasteiger partial charge in [0, 0.05) is 6.04 Å². The summed E-state index contributed by atoms with van der Waals surface area (Å²) in [5.74, 6) is 1.78. The van der Waals surface area contributed by atoms with Gasteiger partial charge in [-0.3, -0.25) is 0 Å². The fraction of sp³-hybridized carbons (Fsp3) is 0.684. The Kier molecular flexibility index (Phi) is 5.69. The van der Waals surface area contributed by atoms with E-state index >= 15 is 0 Å². The Morgan fingerprint density at radius 2 is 2.05 bits per heavy atom. The molecule has 1 aromatic rings. The van der Waals surface area contributed by atoms with Gasteiger partial charge < -0.3 is 10.1 Å². The first-order valence-corrected chi connectivity index (χ1v) is 8.47. The van der Waals surface area contributed by atoms with Crippen molar-refractivity contribution in [1.29, 1.82) is 0 Å². The molecule has 0 fully saturated rings. The first kappa shape index (κ1) is 16.4. The average Bonchev–Trinajstić information content (AvgIpc) is 2.45. The molecule has 2 unspecified atom stereocenters. The summed E-state index contributed by atoms with van der Waals surface area (Å²) in [7, 11) is 0. The minimum Gasteiger partial charge on any atom is -0.493 e. The van der Waals surface area contributed by atoms with E-state index in [0.29, 0.717) is 17.4 Å². The lowest BCUT2D eigenvalue weighted by atomic mass is 9.81. The zero-order valence-electron chi connectivity index (χ0n) is 14.1. The topological polar surface area (TPSA) is 21.3 Å². The summed E-state index contributed by atoms with van der Waals surface area (Å²) in [4.78, 5) is 0. The number of ether oxygens (including phenoxy) is 1. The van der Waals surface area contributed by atoms with Crippen molar-refractivity contribution in [3.05, 3.63) is 29.8 Å². The molecule has 1 aliphatic rings. The van der Waals surface area contributed by atoms with Gasteiger partial charge in [0.25, 0.3) is 0 Å². The largest absolute Gasteiger partial charge is 0.493 e. The van der Waals surface area contributed by atoms with Crippen LogP contribution < -0.4 is 10.1 Å². The zero-order valence-corrected chi connectivity index (χ0v) is 14.1. The predicted octanol–water partition coefficient (Wildman–Crippen LogP) is 4.75. The number of rotatable bonds is 6. The molecule has 1 heterocycles. The van der Waals surface area contributed by atoms with E-state index in [-0.39, 0.29) is 0 Å². The summed E-state index contributed by atoms with van der Waals surface area (Å²) in [5.41, 5.74) is 1.75. The van der Waals surface area contributed by atoms with E-state index in [9.17, 15) is 0 Å². The molecule has 0 spiro atoms. The van der Waals surface area contributed by atoms with Crippen LogP contribution in [0.15, 0.2) is 24.3 Å². The number of para-hydroxylation sites is 1. The van der Waals surface area contributed by atoms with E-state index in [4.69, 9.17) is 4.74 Å². The molecule has 0 radical (unpaired) electrons. The molecule has 2 atom stereocenters. The van der Waals surface area contributed by atoms with Crippen LogP contribution in [0.3, 0.4) is 0 Å². The van der Waals surface area contributed by atoms with Gasteiger partial charge in [-0.25, -0.2) is 0 Å². The molecule has 118 valence electrons. The second kappa shape index (κ2) is 7.31. The lowest BCUT2D eigenvalue weighted by Crippen LogP contribution is -2.40. The van der Waals surface area contributed by atoms with Gasteiger partial charge in [-0.1, -0.05) is 52.3 Å². The third kappa shape index (κ3) is 4.47. The molecule has 0 aliphatic carbocycles. The Labute approximate surface area is 130 Å². The highest BCUT2D eigenvalue weighted by Gasteiger charge is 2.25. The van der Waals surface area contributed by atoms with E-state index in [1.165, 1.54) is 31.2 Å². The fourth-order valence-electron chi connectivity index (χ4n) is 3.37. The number of nitrogens with one attached hydrogen (secondary N) is 1. The van der Waals surface area contributed by atoms with Crippen molar-refractivity contribution in [3.8, 4) is 5.75 Å². The minimum atomic E-state index is 0.337. The molecular formula is C19H31NO. The summed E-state index contributed by atoms with van der Waals surface area (Å²) >= 11 is 0. The molecule has 1 N–H and O–H groups in total. The second-order valence-corrected chi connectivity index (χ2v) is 7.28. The maximum atomic E-state index is 5.76. The SMILES string of the molecule is CCNC(CCCC1CCOc2ccccc21)C(C)(C)C. The monoisotopic (exact) mass is 289 g/mol. The first-order chi connectivity index (χ1) is 10.0. The van der Waals surface area contributed by atoms with Gasteiger partial charge in [-0.15, -0.1) is 0 Å². The quantitative estimate of drug-likeness (QED) is 0.816. The standard InChI is InChI=1S/C19H31NO/c1-5-20-18(19(2,3)4)12-8-9-15-13-14-21-17-11-7-6-10-16(15)17/h6-7,10-11,15,18,20H,5,8-9,12-14H2,1-4H3. The molecule has 0 saturated carbocycles. The third-order valence-corrected chi connectivity index (χ3v) is 4.62. The van der Waals surface area contributed by atoms with E-state index in [0.717, 1.165) is 18.9 Å². The van der Waals surface area contributed by atoms with Crippen LogP contribution in [0.4, 0.5) is 0 Å². The predicted molar refractivity (Wildman–Crippen MR) is 90.1 cm³/mol. The minimum absolute atomic E-state index is 0.337. The Morgan fingerprint density at radius 3 is 2.76 bits per heavy atom. The van der Waals surface area contributed by atoms with E-state index in [1.807, 2.05) is 0 Å². The van der Waals surface area contributed by atoms with Crippen molar-refractivity contribution in [2.45, 2.75) is 65.3 Å². The Morgan fingerprint density at radius 1 is 1.29 bits per heavy atom. The van der Waals surface area contributed by atoms with Crippen molar-refractivity contribution in [2.24, 2.45) is 5.41 Å². The number of benzene rings is 1. The lowest BCUT2D eigenvalue weighted by molar-refractivity contribution is 0.239. The molecular weight excluding hydrogens is 258 g/mol. The number of hydrogen-bond donors (Lipinski definition) is 1. The van der Waals surface area contributed by atoms with Gasteiger partial charge in [0.15, 0.2) is 0 Å². The van der Waals surface area contributed by atoms with E-state index in [2.05, 4.69) is 57.3 Å². The van der Waals surface area contributed by atoms with Crippen LogP contribution in [0.5, 0.6) is 5.75 Å². The fourth-order valence-corrected chi connectivity index (χ4v) is 3.37. The van der Waals surface area contributed by atoms with Crippen LogP contribution in [0.2, 0.25) is 0 Å². The highest BCUT2D eigenvalue weighted by atomic mass is 16.5. The van der Waals surface area contributed by atoms with Crippen molar-refractivity contribution < 1.29 is 4.74 Å². The maximum absolute atomic E-state index is 5.76. The van der Waals surface area contributed by atoms with Crippen LogP contribution in [-0.2, 0) is 0 Å². The van der Waals surface area contributed by atoms with Gasteiger partial charge in [-0.05, 0) is 48.8 Å². The molecule has 0 amide bonds. The maximum Gasteiger partial charge on any atom is 0.122 e. The molecule has 0 aromatic heterocycles. The first-order valence-electron chi connectivity index (χ1n) is 8.47. The molecule has 1 aliphatic heterocycles. The summed E-state index contributed by atoms with van der Waals surface area (Å²) in [5, 5.41) is 3.65. The zero-order chi connectivity index (χ0) is 15.3. The molecule has 0 bridgehead atoms. The van der Waals surface area contributed by atoms with E-state index < -0.39 is 0 Å². The van der Waals surface area contributed by atoms with Gasteiger partial charge in [0.2, 0.25) is 0 Å². The smallest absolute Gasteiger partial charge is 0.122 e. The molecule has 2 rings (SSSR count). The highest BCUT2D eigenvalue weighted by Crippen LogP contribution is 2.37. The summed E-state index contributed by atoms with van der Waals surface area (Å²) < 4.78 is 5.76. The van der Waals surface area contributed by atoms with Crippen molar-refractivity contribution in [2.75, 3.05) is 13.2 Å². The molecule has 2 heteroatoms. The highest BCUT2D eigenvalue weighted by molar-refractivity contribution is 5.37. The Balaban J connectivity index is 1.89. The summed E-state index contributed by atoms with van der Waals surface area (Å²) in [6.45, 7) is 11.1. The van der Waals surface area contributed by atoms with Crippen LogP contribution in [0, 0.1) is 5.41 Å². The van der Waals surface area contributed by atoms with Gasteiger partial charge >= 0.3 is 0 Å². The normalized spacial score (nSPS) is 19.7. The van der Waals surface area contributed by atoms with Crippen molar-refractivity contribution in [3.63, 3.8) is 0 Å².